The number of nitrogens with zero attached hydrogens (tertiary/aromatic N) is 9. The summed E-state index contributed by atoms with van der Waals surface area (Å²) in [6, 6.07) is 23.6. The second-order valence-electron chi connectivity index (χ2n) is 14.0. The second kappa shape index (κ2) is 21.3. The smallest absolute Gasteiger partial charge is 0.134 e. The summed E-state index contributed by atoms with van der Waals surface area (Å²) in [4.78, 5) is 0. The summed E-state index contributed by atoms with van der Waals surface area (Å²) < 4.78 is 23.4. The predicted octanol–water partition coefficient (Wildman–Crippen LogP) is 9.78. The summed E-state index contributed by atoms with van der Waals surface area (Å²) in [5.74, 6) is 4.17. The van der Waals surface area contributed by atoms with Crippen LogP contribution in [0.3, 0.4) is 0 Å². The van der Waals surface area contributed by atoms with Crippen molar-refractivity contribution >= 4 is 69.6 Å². The lowest BCUT2D eigenvalue weighted by Crippen LogP contribution is -2.08. The summed E-state index contributed by atoms with van der Waals surface area (Å²) in [6.07, 6.45) is 5.60. The van der Waals surface area contributed by atoms with Crippen LogP contribution in [0.4, 0.5) is 0 Å². The lowest BCUT2D eigenvalue weighted by molar-refractivity contribution is 0.300. The van der Waals surface area contributed by atoms with Crippen LogP contribution in [-0.4, -0.2) is 45.0 Å². The Kier molecular flexibility index (Phi) is 15.5. The lowest BCUT2D eigenvalue weighted by atomic mass is 10.1. The first kappa shape index (κ1) is 43.5. The molecular formula is C42H39Cl6N9O3. The number of alkyl halides is 6. The molecule has 12 nitrogen and oxygen atoms in total. The van der Waals surface area contributed by atoms with Crippen molar-refractivity contribution in [1.29, 1.82) is 0 Å². The van der Waals surface area contributed by atoms with Gasteiger partial charge >= 0.3 is 0 Å². The van der Waals surface area contributed by atoms with Gasteiger partial charge in [0.1, 0.15) is 54.2 Å². The van der Waals surface area contributed by atoms with E-state index in [-0.39, 0.29) is 19.8 Å². The molecule has 0 bridgehead atoms. The van der Waals surface area contributed by atoms with Crippen molar-refractivity contribution in [1.82, 2.24) is 45.0 Å². The van der Waals surface area contributed by atoms with Crippen LogP contribution in [0.15, 0.2) is 91.4 Å². The summed E-state index contributed by atoms with van der Waals surface area (Å²) in [5.41, 5.74) is 10.6. The molecule has 4 aromatic carbocycles. The van der Waals surface area contributed by atoms with Crippen LogP contribution in [0.5, 0.6) is 17.2 Å². The molecule has 18 heteroatoms. The molecule has 0 amide bonds. The Balaban J connectivity index is 1.06. The van der Waals surface area contributed by atoms with E-state index < -0.39 is 0 Å². The quantitative estimate of drug-likeness (QED) is 0.0649. The maximum Gasteiger partial charge on any atom is 0.134 e. The van der Waals surface area contributed by atoms with Crippen molar-refractivity contribution in [2.24, 2.45) is 0 Å². The van der Waals surface area contributed by atoms with E-state index in [1.54, 1.807) is 14.0 Å². The fraction of sp³-hybridized carbons (Fsp3) is 0.286. The zero-order valence-corrected chi connectivity index (χ0v) is 36.7. The highest BCUT2D eigenvalue weighted by Crippen LogP contribution is 2.24. The topological polar surface area (TPSA) is 120 Å². The van der Waals surface area contributed by atoms with E-state index in [9.17, 15) is 0 Å². The number of rotatable bonds is 21. The number of halogens is 6. The third kappa shape index (κ3) is 12.3. The summed E-state index contributed by atoms with van der Waals surface area (Å²) in [5, 5.41) is 26.2. The molecule has 0 N–H and O–H groups in total. The van der Waals surface area contributed by atoms with Gasteiger partial charge in [0.05, 0.1) is 38.2 Å². The average molecular weight is 931 g/mol. The van der Waals surface area contributed by atoms with Crippen molar-refractivity contribution in [2.45, 2.75) is 74.7 Å². The predicted molar refractivity (Wildman–Crippen MR) is 233 cm³/mol. The van der Waals surface area contributed by atoms with Crippen LogP contribution in [0.2, 0.25) is 0 Å². The Morgan fingerprint density at radius 2 is 0.567 bits per heavy atom. The molecule has 60 heavy (non-hydrogen) atoms. The molecule has 0 saturated heterocycles. The first-order chi connectivity index (χ1) is 29.3. The normalized spacial score (nSPS) is 11.3. The number of hydrogen-bond donors (Lipinski definition) is 0. The highest BCUT2D eigenvalue weighted by molar-refractivity contribution is 6.18. The first-order valence-electron chi connectivity index (χ1n) is 18.7. The lowest BCUT2D eigenvalue weighted by Gasteiger charge is -2.11. The van der Waals surface area contributed by atoms with E-state index in [1.165, 1.54) is 0 Å². The molecule has 0 atom stereocenters. The van der Waals surface area contributed by atoms with Gasteiger partial charge in [0, 0.05) is 35.3 Å². The largest absolute Gasteiger partial charge is 0.487 e. The Hall–Kier alpha value is -4.56. The molecule has 312 valence electrons. The van der Waals surface area contributed by atoms with Crippen LogP contribution in [0.25, 0.3) is 0 Å². The van der Waals surface area contributed by atoms with Crippen molar-refractivity contribution in [2.75, 3.05) is 0 Å². The fourth-order valence-electron chi connectivity index (χ4n) is 6.49. The van der Waals surface area contributed by atoms with Crippen molar-refractivity contribution in [3.63, 3.8) is 0 Å². The Labute approximate surface area is 377 Å². The third-order valence-corrected chi connectivity index (χ3v) is 10.9. The Morgan fingerprint density at radius 1 is 0.333 bits per heavy atom. The fourth-order valence-corrected chi connectivity index (χ4v) is 7.42. The van der Waals surface area contributed by atoms with E-state index in [0.29, 0.717) is 89.2 Å². The molecular weight excluding hydrogens is 891 g/mol. The monoisotopic (exact) mass is 927 g/mol. The van der Waals surface area contributed by atoms with Crippen LogP contribution in [-0.2, 0) is 74.7 Å². The third-order valence-electron chi connectivity index (χ3n) is 9.07. The van der Waals surface area contributed by atoms with Crippen LogP contribution < -0.4 is 14.2 Å². The molecule has 0 spiro atoms. The molecule has 0 aliphatic rings. The minimum Gasteiger partial charge on any atom is -0.487 e. The zero-order valence-electron chi connectivity index (χ0n) is 32.2. The summed E-state index contributed by atoms with van der Waals surface area (Å²) in [7, 11) is 0. The van der Waals surface area contributed by atoms with Gasteiger partial charge in [-0.2, -0.15) is 0 Å². The van der Waals surface area contributed by atoms with Gasteiger partial charge in [0.2, 0.25) is 0 Å². The zero-order chi connectivity index (χ0) is 41.8. The number of benzene rings is 4. The van der Waals surface area contributed by atoms with E-state index in [0.717, 1.165) is 50.1 Å². The Morgan fingerprint density at radius 3 is 0.800 bits per heavy atom. The van der Waals surface area contributed by atoms with E-state index in [1.807, 2.05) is 73.2 Å². The average Bonchev–Trinajstić information content (AvgIpc) is 4.05. The number of hydrogen-bond acceptors (Lipinski definition) is 9. The molecule has 0 saturated carbocycles. The molecule has 0 aliphatic carbocycles. The van der Waals surface area contributed by atoms with Gasteiger partial charge in [-0.05, 0) is 86.5 Å². The van der Waals surface area contributed by atoms with Gasteiger partial charge in [-0.1, -0.05) is 52.0 Å². The molecule has 3 heterocycles. The molecule has 0 aliphatic heterocycles. The molecule has 0 radical (unpaired) electrons. The SMILES string of the molecule is ClCc1cc(CCl)cc(OCc2cn(Cc3cc(Cn4cc(COc5cc(CCl)cc(CCl)c5)nn4)cc(Cn4cc(COc5cc(CCl)cc(CCl)c5)nn4)c3)nn2)c1. The van der Waals surface area contributed by atoms with Crippen LogP contribution in [0, 0.1) is 0 Å². The van der Waals surface area contributed by atoms with Gasteiger partial charge in [-0.3, -0.25) is 0 Å². The second-order valence-corrected chi connectivity index (χ2v) is 15.6. The van der Waals surface area contributed by atoms with E-state index >= 15 is 0 Å². The molecule has 0 unspecified atom stereocenters. The van der Waals surface area contributed by atoms with Gasteiger partial charge in [-0.25, -0.2) is 14.0 Å². The van der Waals surface area contributed by atoms with E-state index in [4.69, 9.17) is 83.8 Å². The van der Waals surface area contributed by atoms with Crippen LogP contribution in [0.1, 0.15) is 67.2 Å². The van der Waals surface area contributed by atoms with E-state index in [2.05, 4.69) is 49.1 Å². The highest BCUT2D eigenvalue weighted by atomic mass is 35.5. The Bertz CT molecular complexity index is 2160. The van der Waals surface area contributed by atoms with Crippen molar-refractivity contribution in [3.05, 3.63) is 159 Å². The molecule has 7 aromatic rings. The summed E-state index contributed by atoms with van der Waals surface area (Å²) in [6.45, 7) is 2.05. The standard InChI is InChI=1S/C42H39Cl6N9O3/c43-13-28-1-29(14-44)8-40(7-28)58-25-37-22-55(52-49-37)19-34-4-35(20-56-23-38(50-53-56)26-59-41-9-30(15-45)2-31(10-41)16-46)6-36(5-34)21-57-24-39(51-54-57)27-60-42-11-32(17-47)3-33(12-42)18-48/h1-12,22-24H,13-21,25-27H2. The van der Waals surface area contributed by atoms with Crippen LogP contribution >= 0.6 is 69.6 Å². The van der Waals surface area contributed by atoms with Gasteiger partial charge in [-0.15, -0.1) is 84.9 Å². The number of aromatic nitrogens is 9. The van der Waals surface area contributed by atoms with Crippen molar-refractivity contribution < 1.29 is 14.2 Å². The summed E-state index contributed by atoms with van der Waals surface area (Å²) >= 11 is 36.5. The maximum atomic E-state index is 6.08. The van der Waals surface area contributed by atoms with Gasteiger partial charge in [0.15, 0.2) is 0 Å². The molecule has 0 fully saturated rings. The van der Waals surface area contributed by atoms with Crippen molar-refractivity contribution in [3.8, 4) is 17.2 Å². The number of ether oxygens (including phenoxy) is 3. The molecule has 7 rings (SSSR count). The molecule has 3 aromatic heterocycles. The minimum atomic E-state index is 0.230. The maximum absolute atomic E-state index is 6.08. The minimum absolute atomic E-state index is 0.230. The first-order valence-corrected chi connectivity index (χ1v) is 21.9. The highest BCUT2D eigenvalue weighted by Gasteiger charge is 2.12. The van der Waals surface area contributed by atoms with Gasteiger partial charge < -0.3 is 14.2 Å². The van der Waals surface area contributed by atoms with Gasteiger partial charge in [0.25, 0.3) is 0 Å².